The summed E-state index contributed by atoms with van der Waals surface area (Å²) in [7, 11) is -3.77. The third-order valence-corrected chi connectivity index (χ3v) is 5.62. The fraction of sp³-hybridized carbons (Fsp3) is 0.316. The van der Waals surface area contributed by atoms with Crippen LogP contribution in [0.4, 0.5) is 0 Å². The molecule has 0 N–H and O–H groups in total. The largest absolute Gasteiger partial charge is 0.465 e. The predicted molar refractivity (Wildman–Crippen MR) is 96.7 cm³/mol. The molecule has 0 saturated heterocycles. The number of hydrogen-bond acceptors (Lipinski definition) is 4. The Hall–Kier alpha value is -2.18. The average molecular weight is 361 g/mol. The van der Waals surface area contributed by atoms with Gasteiger partial charge in [0, 0.05) is 6.54 Å². The molecule has 0 fully saturated rings. The van der Waals surface area contributed by atoms with E-state index in [1.165, 1.54) is 4.31 Å². The van der Waals surface area contributed by atoms with E-state index in [2.05, 4.69) is 0 Å². The molecule has 134 valence electrons. The number of aryl methyl sites for hydroxylation is 1. The van der Waals surface area contributed by atoms with Gasteiger partial charge in [-0.1, -0.05) is 48.0 Å². The zero-order chi connectivity index (χ0) is 18.3. The fourth-order valence-corrected chi connectivity index (χ4v) is 3.78. The van der Waals surface area contributed by atoms with Crippen molar-refractivity contribution in [3.8, 4) is 0 Å². The Balaban J connectivity index is 2.22. The number of carbonyl (C=O) groups is 1. The van der Waals surface area contributed by atoms with Crippen LogP contribution in [0.5, 0.6) is 0 Å². The number of benzene rings is 2. The maximum absolute atomic E-state index is 12.9. The first-order valence-electron chi connectivity index (χ1n) is 8.20. The Morgan fingerprint density at radius 2 is 1.68 bits per heavy atom. The van der Waals surface area contributed by atoms with Gasteiger partial charge in [-0.05, 0) is 38.0 Å². The molecule has 0 heterocycles. The molecule has 2 aromatic rings. The lowest BCUT2D eigenvalue weighted by atomic mass is 10.1. The Morgan fingerprint density at radius 3 is 2.28 bits per heavy atom. The molecule has 0 bridgehead atoms. The number of rotatable bonds is 8. The van der Waals surface area contributed by atoms with Gasteiger partial charge in [0.15, 0.2) is 0 Å². The highest BCUT2D eigenvalue weighted by atomic mass is 32.2. The van der Waals surface area contributed by atoms with E-state index in [9.17, 15) is 13.2 Å². The molecule has 0 aliphatic heterocycles. The second kappa shape index (κ2) is 8.78. The van der Waals surface area contributed by atoms with Gasteiger partial charge in [0.2, 0.25) is 10.0 Å². The molecule has 5 nitrogen and oxygen atoms in total. The van der Waals surface area contributed by atoms with Gasteiger partial charge >= 0.3 is 5.97 Å². The molecule has 0 radical (unpaired) electrons. The number of nitrogens with zero attached hydrogens (tertiary/aromatic N) is 1. The van der Waals surface area contributed by atoms with E-state index in [4.69, 9.17) is 4.74 Å². The highest BCUT2D eigenvalue weighted by Crippen LogP contribution is 2.17. The SMILES string of the molecule is CCOC(=O)CN(CCc1ccccc1)S(=O)(=O)c1ccc(C)cc1. The topological polar surface area (TPSA) is 63.7 Å². The van der Waals surface area contributed by atoms with E-state index in [1.807, 2.05) is 37.3 Å². The van der Waals surface area contributed by atoms with E-state index < -0.39 is 16.0 Å². The van der Waals surface area contributed by atoms with Crippen molar-refractivity contribution in [1.82, 2.24) is 4.31 Å². The molecule has 6 heteroatoms. The molecule has 0 aromatic heterocycles. The van der Waals surface area contributed by atoms with Crippen LogP contribution in [0, 0.1) is 6.92 Å². The molecule has 0 unspecified atom stereocenters. The Bertz CT molecular complexity index is 786. The average Bonchev–Trinajstić information content (AvgIpc) is 2.60. The van der Waals surface area contributed by atoms with E-state index in [1.54, 1.807) is 31.2 Å². The van der Waals surface area contributed by atoms with Gasteiger partial charge in [-0.3, -0.25) is 4.79 Å². The van der Waals surface area contributed by atoms with E-state index >= 15 is 0 Å². The summed E-state index contributed by atoms with van der Waals surface area (Å²) in [6, 6.07) is 16.2. The van der Waals surface area contributed by atoms with Crippen LogP contribution in [0.15, 0.2) is 59.5 Å². The van der Waals surface area contributed by atoms with Gasteiger partial charge in [-0.25, -0.2) is 8.42 Å². The van der Waals surface area contributed by atoms with Gasteiger partial charge in [-0.15, -0.1) is 0 Å². The summed E-state index contributed by atoms with van der Waals surface area (Å²) in [6.07, 6.45) is 0.519. The van der Waals surface area contributed by atoms with Crippen molar-refractivity contribution in [2.75, 3.05) is 19.7 Å². The Kier molecular flexibility index (Phi) is 6.73. The summed E-state index contributed by atoms with van der Waals surface area (Å²) in [5, 5.41) is 0. The lowest BCUT2D eigenvalue weighted by Crippen LogP contribution is -2.38. The zero-order valence-electron chi connectivity index (χ0n) is 14.5. The number of sulfonamides is 1. The number of hydrogen-bond donors (Lipinski definition) is 0. The van der Waals surface area contributed by atoms with Crippen LogP contribution < -0.4 is 0 Å². The highest BCUT2D eigenvalue weighted by molar-refractivity contribution is 7.89. The molecular formula is C19H23NO4S. The molecule has 2 rings (SSSR count). The minimum Gasteiger partial charge on any atom is -0.465 e. The first-order valence-corrected chi connectivity index (χ1v) is 9.64. The van der Waals surface area contributed by atoms with E-state index in [-0.39, 0.29) is 24.6 Å². The molecule has 0 amide bonds. The van der Waals surface area contributed by atoms with Crippen molar-refractivity contribution in [3.63, 3.8) is 0 Å². The molecule has 0 aliphatic carbocycles. The van der Waals surface area contributed by atoms with Crippen molar-refractivity contribution in [1.29, 1.82) is 0 Å². The van der Waals surface area contributed by atoms with Crippen LogP contribution in [0.2, 0.25) is 0 Å². The quantitative estimate of drug-likeness (QED) is 0.678. The standard InChI is InChI=1S/C19H23NO4S/c1-3-24-19(21)15-20(14-13-17-7-5-4-6-8-17)25(22,23)18-11-9-16(2)10-12-18/h4-12H,3,13-15H2,1-2H3. The maximum Gasteiger partial charge on any atom is 0.321 e. The first kappa shape index (κ1) is 19.1. The van der Waals surface area contributed by atoms with Crippen LogP contribution >= 0.6 is 0 Å². The van der Waals surface area contributed by atoms with Crippen molar-refractivity contribution in [2.24, 2.45) is 0 Å². The zero-order valence-corrected chi connectivity index (χ0v) is 15.3. The summed E-state index contributed by atoms with van der Waals surface area (Å²) in [5.41, 5.74) is 1.98. The van der Waals surface area contributed by atoms with Crippen LogP contribution in [0.25, 0.3) is 0 Å². The molecule has 0 aliphatic rings. The Labute approximate surface area is 149 Å². The summed E-state index contributed by atoms with van der Waals surface area (Å²) in [6.45, 7) is 3.72. The van der Waals surface area contributed by atoms with Crippen LogP contribution in [0.1, 0.15) is 18.1 Å². The second-order valence-electron chi connectivity index (χ2n) is 5.69. The van der Waals surface area contributed by atoms with Gasteiger partial charge in [-0.2, -0.15) is 4.31 Å². The van der Waals surface area contributed by atoms with Crippen molar-refractivity contribution in [2.45, 2.75) is 25.2 Å². The van der Waals surface area contributed by atoms with Crippen LogP contribution in [-0.4, -0.2) is 38.4 Å². The van der Waals surface area contributed by atoms with Crippen LogP contribution in [-0.2, 0) is 26.0 Å². The maximum atomic E-state index is 12.9. The van der Waals surface area contributed by atoms with Crippen molar-refractivity contribution in [3.05, 3.63) is 65.7 Å². The second-order valence-corrected chi connectivity index (χ2v) is 7.63. The molecular weight excluding hydrogens is 338 g/mol. The summed E-state index contributed by atoms with van der Waals surface area (Å²) < 4.78 is 32.0. The van der Waals surface area contributed by atoms with E-state index in [0.29, 0.717) is 6.42 Å². The van der Waals surface area contributed by atoms with E-state index in [0.717, 1.165) is 11.1 Å². The third-order valence-electron chi connectivity index (χ3n) is 3.76. The van der Waals surface area contributed by atoms with Crippen LogP contribution in [0.3, 0.4) is 0 Å². The highest BCUT2D eigenvalue weighted by Gasteiger charge is 2.26. The minimum absolute atomic E-state index is 0.176. The van der Waals surface area contributed by atoms with Gasteiger partial charge in [0.1, 0.15) is 6.54 Å². The van der Waals surface area contributed by atoms with Gasteiger partial charge in [0.25, 0.3) is 0 Å². The monoisotopic (exact) mass is 361 g/mol. The molecule has 0 saturated carbocycles. The molecule has 2 aromatic carbocycles. The Morgan fingerprint density at radius 1 is 1.04 bits per heavy atom. The predicted octanol–water partition coefficient (Wildman–Crippen LogP) is 2.79. The number of esters is 1. The first-order chi connectivity index (χ1) is 11.9. The lowest BCUT2D eigenvalue weighted by Gasteiger charge is -2.21. The fourth-order valence-electron chi connectivity index (χ4n) is 2.39. The third kappa shape index (κ3) is 5.41. The smallest absolute Gasteiger partial charge is 0.321 e. The molecule has 0 spiro atoms. The number of carbonyl (C=O) groups excluding carboxylic acids is 1. The van der Waals surface area contributed by atoms with Gasteiger partial charge in [0.05, 0.1) is 11.5 Å². The molecule has 25 heavy (non-hydrogen) atoms. The summed E-state index contributed by atoms with van der Waals surface area (Å²) in [4.78, 5) is 12.0. The number of ether oxygens (including phenoxy) is 1. The summed E-state index contributed by atoms with van der Waals surface area (Å²) >= 11 is 0. The summed E-state index contributed by atoms with van der Waals surface area (Å²) in [5.74, 6) is -0.550. The molecule has 0 atom stereocenters. The lowest BCUT2D eigenvalue weighted by molar-refractivity contribution is -0.143. The van der Waals surface area contributed by atoms with Gasteiger partial charge < -0.3 is 4.74 Å². The van der Waals surface area contributed by atoms with Crippen molar-refractivity contribution < 1.29 is 17.9 Å². The van der Waals surface area contributed by atoms with Crippen molar-refractivity contribution >= 4 is 16.0 Å². The normalized spacial score (nSPS) is 11.5. The minimum atomic E-state index is -3.77.